The van der Waals surface area contributed by atoms with E-state index in [0.717, 1.165) is 38.9 Å². The first-order valence-electron chi connectivity index (χ1n) is 8.58. The zero-order valence-electron chi connectivity index (χ0n) is 15.4. The van der Waals surface area contributed by atoms with Gasteiger partial charge in [-0.05, 0) is 37.5 Å². The predicted molar refractivity (Wildman–Crippen MR) is 95.5 cm³/mol. The fourth-order valence-electron chi connectivity index (χ4n) is 3.00. The highest BCUT2D eigenvalue weighted by molar-refractivity contribution is 5.85. The molecule has 8 heteroatoms. The molecule has 25 heavy (non-hydrogen) atoms. The van der Waals surface area contributed by atoms with Crippen LogP contribution < -0.4 is 5.73 Å². The molecule has 2 saturated heterocycles. The van der Waals surface area contributed by atoms with E-state index in [2.05, 4.69) is 9.47 Å². The van der Waals surface area contributed by atoms with Crippen LogP contribution in [0.4, 0.5) is 0 Å². The Morgan fingerprint density at radius 2 is 1.28 bits per heavy atom. The minimum absolute atomic E-state index is 0. The molecule has 0 bridgehead atoms. The third kappa shape index (κ3) is 8.35. The molecular weight excluding hydrogens is 350 g/mol. The van der Waals surface area contributed by atoms with Gasteiger partial charge in [0, 0.05) is 26.4 Å². The zero-order chi connectivity index (χ0) is 17.9. The summed E-state index contributed by atoms with van der Waals surface area (Å²) in [5.74, 6) is 0.292. The van der Waals surface area contributed by atoms with Crippen LogP contribution >= 0.6 is 12.4 Å². The van der Waals surface area contributed by atoms with Crippen LogP contribution in [-0.2, 0) is 28.5 Å². The minimum atomic E-state index is -0.473. The fourth-order valence-corrected chi connectivity index (χ4v) is 3.00. The Morgan fingerprint density at radius 3 is 1.68 bits per heavy atom. The molecular formula is C17H32ClNO6. The third-order valence-corrected chi connectivity index (χ3v) is 4.79. The molecule has 0 radical (unpaired) electrons. The second-order valence-corrected chi connectivity index (χ2v) is 6.26. The SMILES string of the molecule is COC(=O)[C@H](C)C1CCOCC1.COC(=O)[C@H](N)C1CCOCC1.Cl. The Labute approximate surface area is 156 Å². The van der Waals surface area contributed by atoms with Gasteiger partial charge in [-0.15, -0.1) is 12.4 Å². The lowest BCUT2D eigenvalue weighted by Gasteiger charge is -2.25. The second kappa shape index (κ2) is 13.3. The molecule has 2 aliphatic rings. The minimum Gasteiger partial charge on any atom is -0.469 e. The smallest absolute Gasteiger partial charge is 0.322 e. The molecule has 0 aromatic rings. The van der Waals surface area contributed by atoms with Crippen LogP contribution in [0.5, 0.6) is 0 Å². The summed E-state index contributed by atoms with van der Waals surface area (Å²) in [6, 6.07) is -0.473. The van der Waals surface area contributed by atoms with Gasteiger partial charge in [-0.25, -0.2) is 0 Å². The summed E-state index contributed by atoms with van der Waals surface area (Å²) in [5, 5.41) is 0. The van der Waals surface area contributed by atoms with E-state index in [4.69, 9.17) is 15.2 Å². The molecule has 2 fully saturated rings. The lowest BCUT2D eigenvalue weighted by atomic mass is 9.87. The number of hydrogen-bond donors (Lipinski definition) is 1. The number of carbonyl (C=O) groups excluding carboxylic acids is 2. The number of nitrogens with two attached hydrogens (primary N) is 1. The number of esters is 2. The van der Waals surface area contributed by atoms with Gasteiger partial charge in [0.15, 0.2) is 0 Å². The molecule has 2 aliphatic heterocycles. The lowest BCUT2D eigenvalue weighted by Crippen LogP contribution is -2.41. The van der Waals surface area contributed by atoms with Gasteiger partial charge in [-0.1, -0.05) is 6.92 Å². The van der Waals surface area contributed by atoms with Crippen molar-refractivity contribution in [2.45, 2.75) is 38.6 Å². The summed E-state index contributed by atoms with van der Waals surface area (Å²) in [6.45, 7) is 4.91. The molecule has 0 amide bonds. The van der Waals surface area contributed by atoms with Gasteiger partial charge < -0.3 is 24.7 Å². The van der Waals surface area contributed by atoms with Crippen molar-refractivity contribution in [2.75, 3.05) is 40.6 Å². The quantitative estimate of drug-likeness (QED) is 0.738. The highest BCUT2D eigenvalue weighted by atomic mass is 35.5. The maximum Gasteiger partial charge on any atom is 0.322 e. The van der Waals surface area contributed by atoms with Gasteiger partial charge >= 0.3 is 11.9 Å². The van der Waals surface area contributed by atoms with E-state index in [1.165, 1.54) is 14.2 Å². The van der Waals surface area contributed by atoms with E-state index in [1.54, 1.807) is 0 Å². The molecule has 0 aromatic heterocycles. The Kier molecular flexibility index (Phi) is 12.9. The third-order valence-electron chi connectivity index (χ3n) is 4.79. The molecule has 0 aromatic carbocycles. The highest BCUT2D eigenvalue weighted by Crippen LogP contribution is 2.24. The number of ether oxygens (including phenoxy) is 4. The van der Waals surface area contributed by atoms with Gasteiger partial charge in [0.1, 0.15) is 6.04 Å². The zero-order valence-corrected chi connectivity index (χ0v) is 16.2. The van der Waals surface area contributed by atoms with Crippen molar-refractivity contribution < 1.29 is 28.5 Å². The van der Waals surface area contributed by atoms with Gasteiger partial charge in [0.05, 0.1) is 20.1 Å². The number of halogens is 1. The van der Waals surface area contributed by atoms with E-state index in [0.29, 0.717) is 19.1 Å². The molecule has 0 unspecified atom stereocenters. The number of hydrogen-bond acceptors (Lipinski definition) is 7. The molecule has 2 N–H and O–H groups in total. The van der Waals surface area contributed by atoms with Crippen LogP contribution in [-0.4, -0.2) is 58.6 Å². The van der Waals surface area contributed by atoms with Crippen molar-refractivity contribution in [3.63, 3.8) is 0 Å². The molecule has 0 spiro atoms. The normalized spacial score (nSPS) is 21.0. The Balaban J connectivity index is 0.000000443. The fraction of sp³-hybridized carbons (Fsp3) is 0.882. The van der Waals surface area contributed by atoms with Crippen LogP contribution in [0, 0.1) is 17.8 Å². The average molecular weight is 382 g/mol. The Morgan fingerprint density at radius 1 is 0.880 bits per heavy atom. The van der Waals surface area contributed by atoms with Crippen molar-refractivity contribution in [3.05, 3.63) is 0 Å². The number of methoxy groups -OCH3 is 2. The maximum absolute atomic E-state index is 11.1. The van der Waals surface area contributed by atoms with Crippen LogP contribution in [0.3, 0.4) is 0 Å². The average Bonchev–Trinajstić information content (AvgIpc) is 2.67. The molecule has 2 atom stereocenters. The molecule has 2 rings (SSSR count). The van der Waals surface area contributed by atoms with Crippen molar-refractivity contribution in [1.29, 1.82) is 0 Å². The van der Waals surface area contributed by atoms with Gasteiger partial charge in [-0.2, -0.15) is 0 Å². The van der Waals surface area contributed by atoms with Crippen LogP contribution in [0.25, 0.3) is 0 Å². The lowest BCUT2D eigenvalue weighted by molar-refractivity contribution is -0.148. The van der Waals surface area contributed by atoms with Crippen LogP contribution in [0.1, 0.15) is 32.6 Å². The van der Waals surface area contributed by atoms with E-state index in [9.17, 15) is 9.59 Å². The monoisotopic (exact) mass is 381 g/mol. The topological polar surface area (TPSA) is 97.1 Å². The van der Waals surface area contributed by atoms with Gasteiger partial charge in [0.2, 0.25) is 0 Å². The van der Waals surface area contributed by atoms with Crippen LogP contribution in [0.15, 0.2) is 0 Å². The number of rotatable bonds is 4. The summed E-state index contributed by atoms with van der Waals surface area (Å²) in [7, 11) is 2.81. The van der Waals surface area contributed by atoms with Crippen molar-refractivity contribution in [3.8, 4) is 0 Å². The predicted octanol–water partition coefficient (Wildman–Crippen LogP) is 1.56. The summed E-state index contributed by atoms with van der Waals surface area (Å²) in [4.78, 5) is 22.2. The molecule has 7 nitrogen and oxygen atoms in total. The number of carbonyl (C=O) groups is 2. The Hall–Kier alpha value is -0.890. The molecule has 0 saturated carbocycles. The standard InChI is InChI=1S/C9H16O3.C8H15NO3.ClH/c1-7(9(10)11-2)8-3-5-12-6-4-8;1-11-8(10)7(9)6-2-4-12-5-3-6;/h7-8H,3-6H2,1-2H3;6-7H,2-5,9H2,1H3;1H/t2*7-;/m11./s1. The van der Waals surface area contributed by atoms with Crippen molar-refractivity contribution in [2.24, 2.45) is 23.5 Å². The second-order valence-electron chi connectivity index (χ2n) is 6.26. The van der Waals surface area contributed by atoms with Crippen LogP contribution in [0.2, 0.25) is 0 Å². The van der Waals surface area contributed by atoms with E-state index < -0.39 is 6.04 Å². The highest BCUT2D eigenvalue weighted by Gasteiger charge is 2.27. The van der Waals surface area contributed by atoms with Gasteiger partial charge in [0.25, 0.3) is 0 Å². The molecule has 0 aliphatic carbocycles. The maximum atomic E-state index is 11.1. The first kappa shape index (κ1) is 24.1. The summed E-state index contributed by atoms with van der Waals surface area (Å²) < 4.78 is 19.6. The largest absolute Gasteiger partial charge is 0.469 e. The van der Waals surface area contributed by atoms with Gasteiger partial charge in [-0.3, -0.25) is 9.59 Å². The van der Waals surface area contributed by atoms with E-state index in [-0.39, 0.29) is 36.2 Å². The van der Waals surface area contributed by atoms with Crippen molar-refractivity contribution >= 4 is 24.3 Å². The van der Waals surface area contributed by atoms with E-state index >= 15 is 0 Å². The molecule has 2 heterocycles. The first-order valence-corrected chi connectivity index (χ1v) is 8.58. The van der Waals surface area contributed by atoms with Crippen molar-refractivity contribution in [1.82, 2.24) is 0 Å². The first-order chi connectivity index (χ1) is 11.5. The Bertz CT molecular complexity index is 347. The summed E-state index contributed by atoms with van der Waals surface area (Å²) in [6.07, 6.45) is 3.68. The summed E-state index contributed by atoms with van der Waals surface area (Å²) >= 11 is 0. The van der Waals surface area contributed by atoms with E-state index in [1.807, 2.05) is 6.92 Å². The molecule has 148 valence electrons. The summed E-state index contributed by atoms with van der Waals surface area (Å²) in [5.41, 5.74) is 5.67.